The summed E-state index contributed by atoms with van der Waals surface area (Å²) in [6.45, 7) is 5.31. The van der Waals surface area contributed by atoms with Crippen LogP contribution in [-0.2, 0) is 0 Å². The van der Waals surface area contributed by atoms with Gasteiger partial charge in [0.2, 0.25) is 5.95 Å². The number of pyridine rings is 1. The average Bonchev–Trinajstić information content (AvgIpc) is 2.19. The molecule has 1 aliphatic heterocycles. The van der Waals surface area contributed by atoms with Gasteiger partial charge in [-0.3, -0.25) is 0 Å². The van der Waals surface area contributed by atoms with Crippen molar-refractivity contribution in [1.29, 1.82) is 0 Å². The van der Waals surface area contributed by atoms with E-state index in [1.54, 1.807) is 6.92 Å². The van der Waals surface area contributed by atoms with Gasteiger partial charge in [0.25, 0.3) is 0 Å². The maximum Gasteiger partial charge on any atom is 0.236 e. The van der Waals surface area contributed by atoms with Gasteiger partial charge in [-0.25, -0.2) is 4.98 Å². The molecule has 76 valence electrons. The van der Waals surface area contributed by atoms with Crippen molar-refractivity contribution < 1.29 is 4.39 Å². The normalized spacial score (nSPS) is 17.1. The lowest BCUT2D eigenvalue weighted by atomic mass is 10.3. The zero-order valence-corrected chi connectivity index (χ0v) is 8.26. The number of rotatable bonds is 1. The van der Waals surface area contributed by atoms with Crippen LogP contribution in [0.3, 0.4) is 0 Å². The van der Waals surface area contributed by atoms with Crippen LogP contribution in [0.1, 0.15) is 5.69 Å². The number of piperazine rings is 1. The smallest absolute Gasteiger partial charge is 0.236 e. The first kappa shape index (κ1) is 9.40. The van der Waals surface area contributed by atoms with Gasteiger partial charge >= 0.3 is 0 Å². The predicted molar refractivity (Wildman–Crippen MR) is 54.0 cm³/mol. The summed E-state index contributed by atoms with van der Waals surface area (Å²) in [4.78, 5) is 5.85. The van der Waals surface area contributed by atoms with Crippen LogP contribution in [0.15, 0.2) is 12.1 Å². The van der Waals surface area contributed by atoms with Crippen LogP contribution in [0, 0.1) is 12.9 Å². The van der Waals surface area contributed by atoms with Crippen molar-refractivity contribution in [2.75, 3.05) is 31.1 Å². The third-order valence-corrected chi connectivity index (χ3v) is 2.43. The minimum Gasteiger partial charge on any atom is -0.365 e. The van der Waals surface area contributed by atoms with Gasteiger partial charge in [-0.2, -0.15) is 4.39 Å². The third kappa shape index (κ3) is 1.85. The summed E-state index contributed by atoms with van der Waals surface area (Å²) in [5, 5.41) is 3.23. The maximum absolute atomic E-state index is 13.5. The Morgan fingerprint density at radius 3 is 2.71 bits per heavy atom. The molecule has 0 spiro atoms. The molecule has 0 aromatic carbocycles. The van der Waals surface area contributed by atoms with Crippen LogP contribution < -0.4 is 10.2 Å². The zero-order chi connectivity index (χ0) is 9.97. The quantitative estimate of drug-likeness (QED) is 0.676. The molecule has 0 aliphatic carbocycles. The molecule has 14 heavy (non-hydrogen) atoms. The minimum atomic E-state index is -0.355. The molecule has 0 bridgehead atoms. The van der Waals surface area contributed by atoms with Gasteiger partial charge in [-0.15, -0.1) is 0 Å². The Morgan fingerprint density at radius 1 is 1.36 bits per heavy atom. The molecule has 1 aliphatic rings. The molecular formula is C10H14FN3. The molecule has 3 nitrogen and oxygen atoms in total. The molecular weight excluding hydrogens is 181 g/mol. The highest BCUT2D eigenvalue weighted by Gasteiger charge is 2.14. The second-order valence-electron chi connectivity index (χ2n) is 3.50. The van der Waals surface area contributed by atoms with Crippen molar-refractivity contribution in [2.24, 2.45) is 0 Å². The standard InChI is InChI=1S/C10H14FN3/c1-8-2-3-9(10(11)13-8)14-6-4-12-5-7-14/h2-3,12H,4-7H2,1H3. The zero-order valence-electron chi connectivity index (χ0n) is 8.26. The molecule has 0 saturated carbocycles. The second kappa shape index (κ2) is 3.92. The Balaban J connectivity index is 2.22. The lowest BCUT2D eigenvalue weighted by Gasteiger charge is -2.29. The number of aryl methyl sites for hydroxylation is 1. The Bertz CT molecular complexity index is 321. The van der Waals surface area contributed by atoms with Crippen molar-refractivity contribution in [3.63, 3.8) is 0 Å². The van der Waals surface area contributed by atoms with Crippen molar-refractivity contribution in [2.45, 2.75) is 6.92 Å². The molecule has 1 aromatic rings. The largest absolute Gasteiger partial charge is 0.365 e. The first-order valence-corrected chi connectivity index (χ1v) is 4.86. The molecule has 1 fully saturated rings. The van der Waals surface area contributed by atoms with Gasteiger partial charge in [-0.05, 0) is 19.1 Å². The summed E-state index contributed by atoms with van der Waals surface area (Å²) >= 11 is 0. The molecule has 0 amide bonds. The van der Waals surface area contributed by atoms with Crippen molar-refractivity contribution in [3.8, 4) is 0 Å². The fourth-order valence-corrected chi connectivity index (χ4v) is 1.66. The summed E-state index contributed by atoms with van der Waals surface area (Å²) in [6, 6.07) is 3.66. The molecule has 1 aromatic heterocycles. The molecule has 0 unspecified atom stereocenters. The number of hydrogen-bond donors (Lipinski definition) is 1. The predicted octanol–water partition coefficient (Wildman–Crippen LogP) is 0.939. The van der Waals surface area contributed by atoms with Crippen molar-refractivity contribution in [3.05, 3.63) is 23.8 Å². The van der Waals surface area contributed by atoms with Crippen LogP contribution in [-0.4, -0.2) is 31.2 Å². The van der Waals surface area contributed by atoms with E-state index in [-0.39, 0.29) is 5.95 Å². The van der Waals surface area contributed by atoms with E-state index in [4.69, 9.17) is 0 Å². The fourth-order valence-electron chi connectivity index (χ4n) is 1.66. The van der Waals surface area contributed by atoms with E-state index in [1.807, 2.05) is 17.0 Å². The van der Waals surface area contributed by atoms with Gasteiger partial charge in [0.15, 0.2) is 0 Å². The number of aromatic nitrogens is 1. The lowest BCUT2D eigenvalue weighted by molar-refractivity contribution is 0.546. The average molecular weight is 195 g/mol. The molecule has 1 saturated heterocycles. The number of nitrogens with zero attached hydrogens (tertiary/aromatic N) is 2. The Labute approximate surface area is 82.9 Å². The molecule has 2 rings (SSSR count). The van der Waals surface area contributed by atoms with Gasteiger partial charge in [0, 0.05) is 31.9 Å². The molecule has 1 N–H and O–H groups in total. The van der Waals surface area contributed by atoms with Crippen LogP contribution in [0.4, 0.5) is 10.1 Å². The van der Waals surface area contributed by atoms with Crippen molar-refractivity contribution >= 4 is 5.69 Å². The van der Waals surface area contributed by atoms with E-state index < -0.39 is 0 Å². The summed E-state index contributed by atoms with van der Waals surface area (Å²) < 4.78 is 13.5. The van der Waals surface area contributed by atoms with Crippen LogP contribution in [0.25, 0.3) is 0 Å². The van der Waals surface area contributed by atoms with Crippen molar-refractivity contribution in [1.82, 2.24) is 10.3 Å². The minimum absolute atomic E-state index is 0.355. The third-order valence-electron chi connectivity index (χ3n) is 2.43. The van der Waals surface area contributed by atoms with Crippen LogP contribution in [0.5, 0.6) is 0 Å². The van der Waals surface area contributed by atoms with E-state index in [0.29, 0.717) is 5.69 Å². The number of nitrogens with one attached hydrogen (secondary N) is 1. The first-order valence-electron chi connectivity index (χ1n) is 4.86. The Kier molecular flexibility index (Phi) is 2.63. The lowest BCUT2D eigenvalue weighted by Crippen LogP contribution is -2.44. The fraction of sp³-hybridized carbons (Fsp3) is 0.500. The summed E-state index contributed by atoms with van der Waals surface area (Å²) in [6.07, 6.45) is 0. The van der Waals surface area contributed by atoms with Gasteiger partial charge < -0.3 is 10.2 Å². The van der Waals surface area contributed by atoms with E-state index in [2.05, 4.69) is 10.3 Å². The number of anilines is 1. The highest BCUT2D eigenvalue weighted by Crippen LogP contribution is 2.17. The van der Waals surface area contributed by atoms with Gasteiger partial charge in [0.1, 0.15) is 0 Å². The Morgan fingerprint density at radius 2 is 2.07 bits per heavy atom. The van der Waals surface area contributed by atoms with Crippen LogP contribution >= 0.6 is 0 Å². The molecule has 4 heteroatoms. The maximum atomic E-state index is 13.5. The monoisotopic (exact) mass is 195 g/mol. The Hall–Kier alpha value is -1.16. The summed E-state index contributed by atoms with van der Waals surface area (Å²) in [7, 11) is 0. The van der Waals surface area contributed by atoms with Gasteiger partial charge in [0.05, 0.1) is 5.69 Å². The highest BCUT2D eigenvalue weighted by molar-refractivity contribution is 5.46. The van der Waals surface area contributed by atoms with E-state index in [1.165, 1.54) is 0 Å². The van der Waals surface area contributed by atoms with E-state index in [9.17, 15) is 4.39 Å². The molecule has 0 atom stereocenters. The second-order valence-corrected chi connectivity index (χ2v) is 3.50. The molecule has 0 radical (unpaired) electrons. The van der Waals surface area contributed by atoms with Crippen LogP contribution in [0.2, 0.25) is 0 Å². The van der Waals surface area contributed by atoms with E-state index >= 15 is 0 Å². The summed E-state index contributed by atoms with van der Waals surface area (Å²) in [5.41, 5.74) is 1.35. The summed E-state index contributed by atoms with van der Waals surface area (Å²) in [5.74, 6) is -0.355. The topological polar surface area (TPSA) is 28.2 Å². The van der Waals surface area contributed by atoms with Gasteiger partial charge in [-0.1, -0.05) is 0 Å². The number of halogens is 1. The SMILES string of the molecule is Cc1ccc(N2CCNCC2)c(F)n1. The molecule has 2 heterocycles. The highest BCUT2D eigenvalue weighted by atomic mass is 19.1. The number of hydrogen-bond acceptors (Lipinski definition) is 3. The first-order chi connectivity index (χ1) is 6.77. The van der Waals surface area contributed by atoms with E-state index in [0.717, 1.165) is 31.9 Å².